The maximum Gasteiger partial charge on any atom is 0.258 e. The molecule has 3 rings (SSSR count). The van der Waals surface area contributed by atoms with Crippen LogP contribution in [0.5, 0.6) is 0 Å². The zero-order valence-electron chi connectivity index (χ0n) is 13.8. The van der Waals surface area contributed by atoms with Crippen molar-refractivity contribution in [2.24, 2.45) is 0 Å². The van der Waals surface area contributed by atoms with Crippen molar-refractivity contribution in [2.75, 3.05) is 37.5 Å². The number of carbonyl (C=O) groups is 1. The minimum absolute atomic E-state index is 0.0375. The van der Waals surface area contributed by atoms with E-state index in [2.05, 4.69) is 15.6 Å². The second kappa shape index (κ2) is 7.25. The number of amides is 1. The van der Waals surface area contributed by atoms with Gasteiger partial charge in [-0.15, -0.1) is 0 Å². The monoisotopic (exact) mass is 364 g/mol. The van der Waals surface area contributed by atoms with Gasteiger partial charge in [-0.1, -0.05) is 11.6 Å². The first-order valence-corrected chi connectivity index (χ1v) is 8.10. The third kappa shape index (κ3) is 3.67. The number of carbonyl (C=O) groups excluding carboxylic acids is 1. The minimum atomic E-state index is -0.654. The Labute approximate surface area is 149 Å². The summed E-state index contributed by atoms with van der Waals surface area (Å²) in [5.74, 6) is -0.356. The number of methoxy groups -OCH3 is 1. The van der Waals surface area contributed by atoms with E-state index in [1.807, 2.05) is 24.1 Å². The zero-order valence-corrected chi connectivity index (χ0v) is 14.6. The molecule has 1 amide bonds. The normalized spacial score (nSPS) is 16.0. The lowest BCUT2D eigenvalue weighted by Crippen LogP contribution is -2.39. The molecule has 2 heterocycles. The van der Waals surface area contributed by atoms with Crippen LogP contribution >= 0.6 is 11.6 Å². The van der Waals surface area contributed by atoms with Crippen LogP contribution in [-0.2, 0) is 4.74 Å². The van der Waals surface area contributed by atoms with Gasteiger partial charge in [-0.3, -0.25) is 4.79 Å². The van der Waals surface area contributed by atoms with Crippen LogP contribution in [0.15, 0.2) is 30.5 Å². The number of hydrogen-bond acceptors (Lipinski definition) is 5. The maximum atomic E-state index is 13.9. The number of pyridine rings is 1. The molecular weight excluding hydrogens is 347 g/mol. The third-order valence-corrected chi connectivity index (χ3v) is 4.20. The van der Waals surface area contributed by atoms with Gasteiger partial charge in [0.1, 0.15) is 17.8 Å². The lowest BCUT2D eigenvalue weighted by Gasteiger charge is -2.28. The van der Waals surface area contributed by atoms with Crippen LogP contribution in [0.4, 0.5) is 15.9 Å². The third-order valence-electron chi connectivity index (χ3n) is 3.98. The topological polar surface area (TPSA) is 66.5 Å². The van der Waals surface area contributed by atoms with Gasteiger partial charge in [0.15, 0.2) is 0 Å². The molecule has 1 aromatic carbocycles. The molecule has 1 aliphatic rings. The Kier molecular flexibility index (Phi) is 5.06. The summed E-state index contributed by atoms with van der Waals surface area (Å²) in [4.78, 5) is 18.6. The Hall–Kier alpha value is -2.38. The molecule has 2 N–H and O–H groups in total. The van der Waals surface area contributed by atoms with E-state index in [1.54, 1.807) is 13.3 Å². The van der Waals surface area contributed by atoms with Crippen molar-refractivity contribution in [3.05, 3.63) is 52.4 Å². The van der Waals surface area contributed by atoms with Crippen LogP contribution in [0, 0.1) is 5.82 Å². The van der Waals surface area contributed by atoms with Gasteiger partial charge in [0, 0.05) is 37.5 Å². The highest BCUT2D eigenvalue weighted by molar-refractivity contribution is 6.31. The molecule has 0 spiro atoms. The fraction of sp³-hybridized carbons (Fsp3) is 0.294. The number of fused-ring (bicyclic) bond motifs is 1. The van der Waals surface area contributed by atoms with Crippen molar-refractivity contribution in [3.8, 4) is 0 Å². The summed E-state index contributed by atoms with van der Waals surface area (Å²) in [5.41, 5.74) is 1.08. The number of nitrogens with zero attached hydrogens (tertiary/aromatic N) is 2. The van der Waals surface area contributed by atoms with Crippen LogP contribution in [-0.4, -0.2) is 38.2 Å². The zero-order chi connectivity index (χ0) is 18.0. The van der Waals surface area contributed by atoms with E-state index in [-0.39, 0.29) is 10.6 Å². The van der Waals surface area contributed by atoms with E-state index >= 15 is 0 Å². The number of anilines is 2. The maximum absolute atomic E-state index is 13.9. The molecule has 132 valence electrons. The number of ether oxygens (including phenoxy) is 1. The highest BCUT2D eigenvalue weighted by atomic mass is 35.5. The van der Waals surface area contributed by atoms with E-state index in [9.17, 15) is 9.18 Å². The predicted molar refractivity (Wildman–Crippen MR) is 94.6 cm³/mol. The summed E-state index contributed by atoms with van der Waals surface area (Å²) in [6.45, 7) is 1.32. The fourth-order valence-corrected chi connectivity index (χ4v) is 2.82. The lowest BCUT2D eigenvalue weighted by molar-refractivity contribution is 0.0931. The number of likely N-dealkylation sites (N-methyl/N-ethyl adjacent to an activating group) is 1. The van der Waals surface area contributed by atoms with Gasteiger partial charge in [-0.25, -0.2) is 9.37 Å². The van der Waals surface area contributed by atoms with Crippen LogP contribution < -0.4 is 15.5 Å². The second-order valence-corrected chi connectivity index (χ2v) is 6.16. The van der Waals surface area contributed by atoms with Crippen molar-refractivity contribution >= 4 is 29.0 Å². The number of benzene rings is 1. The van der Waals surface area contributed by atoms with Gasteiger partial charge in [0.2, 0.25) is 0 Å². The Morgan fingerprint density at radius 2 is 2.16 bits per heavy atom. The number of aromatic nitrogens is 1. The molecule has 0 aliphatic carbocycles. The summed E-state index contributed by atoms with van der Waals surface area (Å²) in [6.07, 6.45) is 1.16. The van der Waals surface area contributed by atoms with Crippen LogP contribution in [0.2, 0.25) is 5.02 Å². The Balaban J connectivity index is 1.80. The summed E-state index contributed by atoms with van der Waals surface area (Å²) in [5, 5.41) is 6.03. The first kappa shape index (κ1) is 17.4. The molecule has 0 fully saturated rings. The highest BCUT2D eigenvalue weighted by Gasteiger charge is 2.28. The van der Waals surface area contributed by atoms with Gasteiger partial charge >= 0.3 is 0 Å². The van der Waals surface area contributed by atoms with E-state index in [1.165, 1.54) is 6.07 Å². The van der Waals surface area contributed by atoms with Crippen LogP contribution in [0.1, 0.15) is 22.1 Å². The molecule has 1 aromatic heterocycles. The van der Waals surface area contributed by atoms with E-state index in [4.69, 9.17) is 16.3 Å². The Bertz CT molecular complexity index is 785. The van der Waals surface area contributed by atoms with Gasteiger partial charge in [0.25, 0.3) is 5.91 Å². The minimum Gasteiger partial charge on any atom is -0.383 e. The number of rotatable bonds is 5. The molecule has 1 aliphatic heterocycles. The fourth-order valence-electron chi connectivity index (χ4n) is 2.62. The quantitative estimate of drug-likeness (QED) is 0.854. The molecule has 8 heteroatoms. The van der Waals surface area contributed by atoms with Gasteiger partial charge in [-0.2, -0.15) is 0 Å². The highest BCUT2D eigenvalue weighted by Crippen LogP contribution is 2.31. The molecule has 6 nitrogen and oxygen atoms in total. The first-order valence-electron chi connectivity index (χ1n) is 7.72. The van der Waals surface area contributed by atoms with E-state index in [0.29, 0.717) is 18.8 Å². The average Bonchev–Trinajstić information content (AvgIpc) is 2.58. The van der Waals surface area contributed by atoms with Crippen molar-refractivity contribution in [3.63, 3.8) is 0 Å². The molecule has 0 saturated heterocycles. The second-order valence-electron chi connectivity index (χ2n) is 5.73. The Morgan fingerprint density at radius 3 is 2.84 bits per heavy atom. The number of hydrogen-bond donors (Lipinski definition) is 2. The molecule has 0 radical (unpaired) electrons. The van der Waals surface area contributed by atoms with Gasteiger partial charge in [-0.05, 0) is 24.3 Å². The molecule has 0 bridgehead atoms. The molecule has 1 atom stereocenters. The SMILES string of the molecule is COCCN(C)c1ccc(C2NC(=O)c3c(F)cc(Cl)cc3N2)cn1. The standard InChI is InChI=1S/C17H18ClFN4O2/c1-23(5-6-25-2)14-4-3-10(9-20-14)16-21-13-8-11(18)7-12(19)15(13)17(24)22-16/h3-4,7-9,16,21H,5-6H2,1-2H3,(H,22,24). The molecular formula is C17H18ClFN4O2. The number of halogens is 2. The van der Waals surface area contributed by atoms with Crippen molar-refractivity contribution in [1.29, 1.82) is 0 Å². The summed E-state index contributed by atoms with van der Waals surface area (Å²) in [6, 6.07) is 6.36. The molecule has 0 saturated carbocycles. The molecule has 2 aromatic rings. The van der Waals surface area contributed by atoms with Gasteiger partial charge < -0.3 is 20.3 Å². The van der Waals surface area contributed by atoms with Crippen LogP contribution in [0.25, 0.3) is 0 Å². The summed E-state index contributed by atoms with van der Waals surface area (Å²) < 4.78 is 19.0. The smallest absolute Gasteiger partial charge is 0.258 e. The van der Waals surface area contributed by atoms with Crippen molar-refractivity contribution in [1.82, 2.24) is 10.3 Å². The summed E-state index contributed by atoms with van der Waals surface area (Å²) >= 11 is 5.88. The van der Waals surface area contributed by atoms with Crippen LogP contribution in [0.3, 0.4) is 0 Å². The Morgan fingerprint density at radius 1 is 1.36 bits per heavy atom. The summed E-state index contributed by atoms with van der Waals surface area (Å²) in [7, 11) is 3.57. The molecule has 25 heavy (non-hydrogen) atoms. The lowest BCUT2D eigenvalue weighted by atomic mass is 10.1. The van der Waals surface area contributed by atoms with Crippen molar-refractivity contribution in [2.45, 2.75) is 6.17 Å². The largest absolute Gasteiger partial charge is 0.383 e. The molecule has 1 unspecified atom stereocenters. The average molecular weight is 365 g/mol. The first-order chi connectivity index (χ1) is 12.0. The number of nitrogens with one attached hydrogen (secondary N) is 2. The van der Waals surface area contributed by atoms with Gasteiger partial charge in [0.05, 0.1) is 17.9 Å². The predicted octanol–water partition coefficient (Wildman–Crippen LogP) is 2.81. The van der Waals surface area contributed by atoms with Crippen molar-refractivity contribution < 1.29 is 13.9 Å². The van der Waals surface area contributed by atoms with E-state index in [0.717, 1.165) is 17.4 Å². The van der Waals surface area contributed by atoms with E-state index < -0.39 is 17.9 Å².